The Labute approximate surface area is 87.9 Å². The second-order valence-electron chi connectivity index (χ2n) is 4.74. The second-order valence-corrected chi connectivity index (χ2v) is 4.74. The first-order valence-electron chi connectivity index (χ1n) is 5.05. The van der Waals surface area contributed by atoms with Gasteiger partial charge in [0.15, 0.2) is 0 Å². The van der Waals surface area contributed by atoms with Gasteiger partial charge in [0.25, 0.3) is 0 Å². The number of allylic oxidation sites excluding steroid dienone is 1. The van der Waals surface area contributed by atoms with E-state index in [1.165, 1.54) is 0 Å². The topological polar surface area (TPSA) is 63.6 Å². The number of aliphatic carboxylic acids is 1. The number of carbonyl (C=O) groups is 2. The molecule has 1 saturated heterocycles. The monoisotopic (exact) mass is 210 g/mol. The molecule has 15 heavy (non-hydrogen) atoms. The third-order valence-electron chi connectivity index (χ3n) is 3.42. The molecule has 4 nitrogen and oxygen atoms in total. The van der Waals surface area contributed by atoms with Gasteiger partial charge in [-0.1, -0.05) is 19.9 Å². The number of esters is 1. The van der Waals surface area contributed by atoms with Gasteiger partial charge in [0.05, 0.1) is 12.5 Å². The van der Waals surface area contributed by atoms with Crippen LogP contribution in [0.1, 0.15) is 20.3 Å². The third-order valence-corrected chi connectivity index (χ3v) is 3.42. The van der Waals surface area contributed by atoms with Gasteiger partial charge in [-0.2, -0.15) is 0 Å². The molecular formula is C11H14O4. The number of cyclic esters (lactones) is 1. The van der Waals surface area contributed by atoms with Crippen LogP contribution in [0.25, 0.3) is 0 Å². The van der Waals surface area contributed by atoms with E-state index in [0.29, 0.717) is 18.6 Å². The van der Waals surface area contributed by atoms with Crippen molar-refractivity contribution < 1.29 is 19.4 Å². The Bertz CT molecular complexity index is 354. The molecule has 4 heteroatoms. The largest absolute Gasteiger partial charge is 0.481 e. The van der Waals surface area contributed by atoms with E-state index in [-0.39, 0.29) is 23.2 Å². The van der Waals surface area contributed by atoms with Crippen LogP contribution in [0.2, 0.25) is 0 Å². The second kappa shape index (κ2) is 3.08. The number of ether oxygens (including phenoxy) is 1. The molecule has 0 radical (unpaired) electrons. The lowest BCUT2D eigenvalue weighted by Gasteiger charge is -1.97. The zero-order valence-corrected chi connectivity index (χ0v) is 8.82. The Morgan fingerprint density at radius 2 is 2.27 bits per heavy atom. The van der Waals surface area contributed by atoms with Gasteiger partial charge >= 0.3 is 11.9 Å². The van der Waals surface area contributed by atoms with E-state index in [2.05, 4.69) is 0 Å². The average Bonchev–Trinajstić information content (AvgIpc) is 2.47. The Balaban J connectivity index is 2.15. The quantitative estimate of drug-likeness (QED) is 0.549. The minimum Gasteiger partial charge on any atom is -0.481 e. The predicted molar refractivity (Wildman–Crippen MR) is 52.1 cm³/mol. The van der Waals surface area contributed by atoms with Gasteiger partial charge in [0, 0.05) is 12.0 Å². The first-order chi connectivity index (χ1) is 6.94. The van der Waals surface area contributed by atoms with Crippen molar-refractivity contribution in [3.05, 3.63) is 11.6 Å². The van der Waals surface area contributed by atoms with Crippen LogP contribution < -0.4 is 0 Å². The van der Waals surface area contributed by atoms with E-state index in [4.69, 9.17) is 9.84 Å². The summed E-state index contributed by atoms with van der Waals surface area (Å²) in [5.41, 5.74) is 0.402. The number of hydrogen-bond donors (Lipinski definition) is 1. The summed E-state index contributed by atoms with van der Waals surface area (Å²) in [7, 11) is 0. The van der Waals surface area contributed by atoms with Gasteiger partial charge in [0.2, 0.25) is 0 Å². The van der Waals surface area contributed by atoms with Crippen molar-refractivity contribution >= 4 is 11.9 Å². The molecule has 0 aromatic heterocycles. The Morgan fingerprint density at radius 3 is 2.67 bits per heavy atom. The Hall–Kier alpha value is -1.32. The molecule has 0 amide bonds. The average molecular weight is 210 g/mol. The molecule has 2 fully saturated rings. The van der Waals surface area contributed by atoms with Crippen LogP contribution in [0, 0.1) is 17.3 Å². The normalized spacial score (nSPS) is 35.3. The predicted octanol–water partition coefficient (Wildman–Crippen LogP) is 1.22. The number of hydrogen-bond acceptors (Lipinski definition) is 3. The van der Waals surface area contributed by atoms with Crippen molar-refractivity contribution in [2.75, 3.05) is 6.61 Å². The molecule has 0 spiro atoms. The molecule has 1 N–H and O–H groups in total. The summed E-state index contributed by atoms with van der Waals surface area (Å²) in [5, 5.41) is 8.95. The highest BCUT2D eigenvalue weighted by Crippen LogP contribution is 2.59. The van der Waals surface area contributed by atoms with Crippen molar-refractivity contribution in [1.82, 2.24) is 0 Å². The van der Waals surface area contributed by atoms with Crippen molar-refractivity contribution in [2.45, 2.75) is 20.3 Å². The van der Waals surface area contributed by atoms with Crippen LogP contribution >= 0.6 is 0 Å². The molecule has 0 bridgehead atoms. The molecule has 1 saturated carbocycles. The molecule has 0 aromatic rings. The fourth-order valence-electron chi connectivity index (χ4n) is 2.28. The highest BCUT2D eigenvalue weighted by molar-refractivity contribution is 5.90. The number of carboxylic acid groups (broad SMARTS) is 1. The van der Waals surface area contributed by atoms with E-state index in [1.54, 1.807) is 6.08 Å². The summed E-state index contributed by atoms with van der Waals surface area (Å²) in [4.78, 5) is 22.1. The van der Waals surface area contributed by atoms with Crippen LogP contribution in [0.5, 0.6) is 0 Å². The highest BCUT2D eigenvalue weighted by atomic mass is 16.5. The minimum atomic E-state index is -0.784. The van der Waals surface area contributed by atoms with Gasteiger partial charge in [-0.3, -0.25) is 4.79 Å². The molecular weight excluding hydrogens is 196 g/mol. The molecule has 1 aliphatic carbocycles. The molecule has 2 aliphatic rings. The van der Waals surface area contributed by atoms with Crippen molar-refractivity contribution in [2.24, 2.45) is 17.3 Å². The fourth-order valence-corrected chi connectivity index (χ4v) is 2.28. The molecule has 1 heterocycles. The van der Waals surface area contributed by atoms with Gasteiger partial charge in [-0.05, 0) is 11.3 Å². The zero-order chi connectivity index (χ0) is 11.2. The van der Waals surface area contributed by atoms with E-state index < -0.39 is 5.97 Å². The number of carboxylic acids is 1. The maximum absolute atomic E-state index is 11.2. The van der Waals surface area contributed by atoms with E-state index in [0.717, 1.165) is 0 Å². The Kier molecular flexibility index (Phi) is 2.10. The van der Waals surface area contributed by atoms with E-state index in [9.17, 15) is 9.59 Å². The smallest absolute Gasteiger partial charge is 0.333 e. The first kappa shape index (κ1) is 10.2. The lowest BCUT2D eigenvalue weighted by Crippen LogP contribution is -2.03. The summed E-state index contributed by atoms with van der Waals surface area (Å²) < 4.78 is 4.80. The van der Waals surface area contributed by atoms with Crippen LogP contribution in [-0.4, -0.2) is 23.7 Å². The lowest BCUT2D eigenvalue weighted by molar-refractivity contribution is -0.139. The van der Waals surface area contributed by atoms with Crippen molar-refractivity contribution in [1.29, 1.82) is 0 Å². The van der Waals surface area contributed by atoms with Gasteiger partial charge in [-0.15, -0.1) is 0 Å². The Morgan fingerprint density at radius 1 is 1.60 bits per heavy atom. The van der Waals surface area contributed by atoms with Crippen LogP contribution in [0.4, 0.5) is 0 Å². The number of rotatable bonds is 2. The molecule has 0 aromatic carbocycles. The maximum Gasteiger partial charge on any atom is 0.333 e. The molecule has 2 atom stereocenters. The summed E-state index contributed by atoms with van der Waals surface area (Å²) >= 11 is 0. The summed E-state index contributed by atoms with van der Waals surface area (Å²) in [6.45, 7) is 4.25. The molecule has 1 aliphatic heterocycles. The molecule has 0 unspecified atom stereocenters. The van der Waals surface area contributed by atoms with Crippen LogP contribution in [0.3, 0.4) is 0 Å². The number of carbonyl (C=O) groups excluding carboxylic acids is 1. The summed E-state index contributed by atoms with van der Waals surface area (Å²) in [6, 6.07) is 0. The van der Waals surface area contributed by atoms with Crippen LogP contribution in [0.15, 0.2) is 11.6 Å². The fraction of sp³-hybridized carbons (Fsp3) is 0.636. The molecule has 82 valence electrons. The summed E-state index contributed by atoms with van der Waals surface area (Å²) in [5.74, 6) is -1.47. The minimum absolute atomic E-state index is 0.0318. The van der Waals surface area contributed by atoms with E-state index >= 15 is 0 Å². The van der Waals surface area contributed by atoms with E-state index in [1.807, 2.05) is 13.8 Å². The van der Waals surface area contributed by atoms with Gasteiger partial charge < -0.3 is 9.84 Å². The first-order valence-corrected chi connectivity index (χ1v) is 5.05. The SMILES string of the molecule is CC1(C)[C@H](/C=C2\CCOC2=O)[C@H]1C(=O)O. The molecule has 2 rings (SSSR count). The van der Waals surface area contributed by atoms with Gasteiger partial charge in [0.1, 0.15) is 0 Å². The summed E-state index contributed by atoms with van der Waals surface area (Å²) in [6.07, 6.45) is 2.39. The van der Waals surface area contributed by atoms with Gasteiger partial charge in [-0.25, -0.2) is 4.79 Å². The third kappa shape index (κ3) is 1.54. The van der Waals surface area contributed by atoms with Crippen LogP contribution in [-0.2, 0) is 14.3 Å². The zero-order valence-electron chi connectivity index (χ0n) is 8.82. The van der Waals surface area contributed by atoms with Crippen molar-refractivity contribution in [3.8, 4) is 0 Å². The van der Waals surface area contributed by atoms with Crippen molar-refractivity contribution in [3.63, 3.8) is 0 Å². The highest BCUT2D eigenvalue weighted by Gasteiger charge is 2.61. The maximum atomic E-state index is 11.2. The standard InChI is InChI=1S/C11H14O4/c1-11(2)7(8(11)9(12)13)5-6-3-4-15-10(6)14/h5,7-8H,3-4H2,1-2H3,(H,12,13)/b6-5+/t7-,8+/m1/s1. The lowest BCUT2D eigenvalue weighted by atomic mass is 10.1.